The zero-order chi connectivity index (χ0) is 6.69. The van der Waals surface area contributed by atoms with Gasteiger partial charge >= 0.3 is 0 Å². The molecule has 1 heterocycles. The monoisotopic (exact) mass is 163 g/mol. The number of nitrogens with two attached hydrogens (primary N) is 1. The first-order chi connectivity index (χ1) is 4.33. The van der Waals surface area contributed by atoms with Gasteiger partial charge < -0.3 is 5.73 Å². The fraction of sp³-hybridized carbons (Fsp3) is 0.750. The minimum Gasteiger partial charge on any atom is -0.329 e. The van der Waals surface area contributed by atoms with E-state index >= 15 is 0 Å². The van der Waals surface area contributed by atoms with Gasteiger partial charge in [0.15, 0.2) is 5.82 Å². The van der Waals surface area contributed by atoms with Crippen LogP contribution in [0.5, 0.6) is 0 Å². The van der Waals surface area contributed by atoms with Crippen LogP contribution in [0.15, 0.2) is 0 Å². The van der Waals surface area contributed by atoms with E-state index in [4.69, 9.17) is 5.73 Å². The lowest BCUT2D eigenvalue weighted by atomic mass is 10.7. The van der Waals surface area contributed by atoms with Gasteiger partial charge in [-0.15, -0.1) is 22.6 Å². The van der Waals surface area contributed by atoms with Crippen molar-refractivity contribution in [2.45, 2.75) is 13.5 Å². The molecule has 6 heteroatoms. The molecule has 0 fully saturated rings. The van der Waals surface area contributed by atoms with Crippen molar-refractivity contribution in [1.29, 1.82) is 0 Å². The van der Waals surface area contributed by atoms with Gasteiger partial charge in [-0.2, -0.15) is 4.80 Å². The second kappa shape index (κ2) is 4.19. The van der Waals surface area contributed by atoms with E-state index in [0.29, 0.717) is 18.9 Å². The largest absolute Gasteiger partial charge is 0.329 e. The Labute approximate surface area is 65.0 Å². The molecule has 0 spiro atoms. The first kappa shape index (κ1) is 9.32. The summed E-state index contributed by atoms with van der Waals surface area (Å²) in [5.41, 5.74) is 5.24. The summed E-state index contributed by atoms with van der Waals surface area (Å²) in [7, 11) is 0. The third kappa shape index (κ3) is 2.28. The summed E-state index contributed by atoms with van der Waals surface area (Å²) in [5, 5.41) is 11.3. The van der Waals surface area contributed by atoms with Crippen molar-refractivity contribution < 1.29 is 0 Å². The van der Waals surface area contributed by atoms with Crippen molar-refractivity contribution in [1.82, 2.24) is 20.2 Å². The summed E-state index contributed by atoms with van der Waals surface area (Å²) < 4.78 is 0. The van der Waals surface area contributed by atoms with Crippen molar-refractivity contribution in [2.24, 2.45) is 5.73 Å². The average Bonchev–Trinajstić information content (AvgIpc) is 2.17. The van der Waals surface area contributed by atoms with Gasteiger partial charge in [-0.3, -0.25) is 0 Å². The molecule has 0 saturated carbocycles. The molecule has 0 amide bonds. The lowest BCUT2D eigenvalue weighted by Crippen LogP contribution is -2.12. The Morgan fingerprint density at radius 3 is 2.70 bits per heavy atom. The molecule has 0 unspecified atom stereocenters. The molecular formula is C4H10ClN5. The molecular weight excluding hydrogens is 154 g/mol. The van der Waals surface area contributed by atoms with Gasteiger partial charge in [-0.25, -0.2) is 0 Å². The summed E-state index contributed by atoms with van der Waals surface area (Å²) in [6.45, 7) is 2.98. The van der Waals surface area contributed by atoms with Crippen LogP contribution in [0.3, 0.4) is 0 Å². The molecule has 1 aromatic heterocycles. The fourth-order valence-corrected chi connectivity index (χ4v) is 0.534. The van der Waals surface area contributed by atoms with Crippen molar-refractivity contribution in [3.63, 3.8) is 0 Å². The van der Waals surface area contributed by atoms with E-state index in [1.165, 1.54) is 4.80 Å². The maximum absolute atomic E-state index is 5.24. The van der Waals surface area contributed by atoms with Gasteiger partial charge in [0.25, 0.3) is 0 Å². The average molecular weight is 164 g/mol. The number of aryl methyl sites for hydroxylation is 1. The molecule has 10 heavy (non-hydrogen) atoms. The van der Waals surface area contributed by atoms with Gasteiger partial charge in [0, 0.05) is 6.54 Å². The molecule has 0 aromatic carbocycles. The highest BCUT2D eigenvalue weighted by molar-refractivity contribution is 5.85. The summed E-state index contributed by atoms with van der Waals surface area (Å²) in [4.78, 5) is 1.48. The molecule has 0 aliphatic carbocycles. The maximum Gasteiger partial charge on any atom is 0.171 e. The quantitative estimate of drug-likeness (QED) is 0.630. The molecule has 1 aromatic rings. The Morgan fingerprint density at radius 1 is 1.60 bits per heavy atom. The van der Waals surface area contributed by atoms with Crippen LogP contribution in [0, 0.1) is 6.92 Å². The van der Waals surface area contributed by atoms with Gasteiger partial charge in [0.05, 0.1) is 6.54 Å². The third-order valence-corrected chi connectivity index (χ3v) is 0.882. The molecule has 0 saturated heterocycles. The Kier molecular flexibility index (Phi) is 3.90. The molecule has 0 radical (unpaired) electrons. The Morgan fingerprint density at radius 2 is 2.30 bits per heavy atom. The predicted octanol–water partition coefficient (Wildman–Crippen LogP) is -0.638. The van der Waals surface area contributed by atoms with Crippen LogP contribution < -0.4 is 5.73 Å². The normalized spacial score (nSPS) is 9.00. The van der Waals surface area contributed by atoms with Crippen molar-refractivity contribution in [3.05, 3.63) is 5.82 Å². The topological polar surface area (TPSA) is 69.6 Å². The van der Waals surface area contributed by atoms with Crippen LogP contribution in [-0.2, 0) is 6.54 Å². The minimum absolute atomic E-state index is 0. The van der Waals surface area contributed by atoms with Crippen LogP contribution >= 0.6 is 12.4 Å². The summed E-state index contributed by atoms with van der Waals surface area (Å²) in [5.74, 6) is 0.684. The Balaban J connectivity index is 0.000000810. The molecule has 0 aliphatic heterocycles. The van der Waals surface area contributed by atoms with E-state index in [0.717, 1.165) is 0 Å². The summed E-state index contributed by atoms with van der Waals surface area (Å²) in [6, 6.07) is 0. The smallest absolute Gasteiger partial charge is 0.171 e. The van der Waals surface area contributed by atoms with Crippen LogP contribution in [0.1, 0.15) is 5.82 Å². The second-order valence-electron chi connectivity index (χ2n) is 1.72. The first-order valence-electron chi connectivity index (χ1n) is 2.77. The highest BCUT2D eigenvalue weighted by Gasteiger charge is 1.92. The molecule has 2 N–H and O–H groups in total. The number of tetrazole rings is 1. The molecule has 0 bridgehead atoms. The molecule has 0 atom stereocenters. The Bertz CT molecular complexity index is 186. The molecule has 1 rings (SSSR count). The SMILES string of the molecule is Cc1nnn(CCN)n1.Cl. The number of rotatable bonds is 2. The lowest BCUT2D eigenvalue weighted by molar-refractivity contribution is 0.529. The number of hydrogen-bond donors (Lipinski definition) is 1. The van der Waals surface area contributed by atoms with Crippen LogP contribution in [0.4, 0.5) is 0 Å². The number of halogens is 1. The van der Waals surface area contributed by atoms with Gasteiger partial charge in [-0.05, 0) is 12.1 Å². The molecule has 58 valence electrons. The van der Waals surface area contributed by atoms with E-state index in [1.54, 1.807) is 6.92 Å². The standard InChI is InChI=1S/C4H9N5.ClH/c1-4-6-8-9(7-4)3-2-5;/h2-3,5H2,1H3;1H. The second-order valence-corrected chi connectivity index (χ2v) is 1.72. The van der Waals surface area contributed by atoms with Gasteiger partial charge in [-0.1, -0.05) is 0 Å². The fourth-order valence-electron chi connectivity index (χ4n) is 0.534. The summed E-state index contributed by atoms with van der Waals surface area (Å²) >= 11 is 0. The van der Waals surface area contributed by atoms with Crippen LogP contribution in [0.25, 0.3) is 0 Å². The number of nitrogens with zero attached hydrogens (tertiary/aromatic N) is 4. The van der Waals surface area contributed by atoms with Crippen molar-refractivity contribution >= 4 is 12.4 Å². The number of hydrogen-bond acceptors (Lipinski definition) is 4. The minimum atomic E-state index is 0. The van der Waals surface area contributed by atoms with Crippen molar-refractivity contribution in [2.75, 3.05) is 6.54 Å². The van der Waals surface area contributed by atoms with Crippen LogP contribution in [-0.4, -0.2) is 26.8 Å². The van der Waals surface area contributed by atoms with Gasteiger partial charge in [0.2, 0.25) is 0 Å². The van der Waals surface area contributed by atoms with E-state index in [9.17, 15) is 0 Å². The summed E-state index contributed by atoms with van der Waals surface area (Å²) in [6.07, 6.45) is 0. The maximum atomic E-state index is 5.24. The first-order valence-corrected chi connectivity index (χ1v) is 2.77. The van der Waals surface area contributed by atoms with E-state index in [1.807, 2.05) is 0 Å². The zero-order valence-corrected chi connectivity index (χ0v) is 6.51. The zero-order valence-electron chi connectivity index (χ0n) is 5.69. The van der Waals surface area contributed by atoms with Gasteiger partial charge in [0.1, 0.15) is 0 Å². The lowest BCUT2D eigenvalue weighted by Gasteiger charge is -1.89. The number of aromatic nitrogens is 4. The predicted molar refractivity (Wildman–Crippen MR) is 38.9 cm³/mol. The van der Waals surface area contributed by atoms with E-state index < -0.39 is 0 Å². The van der Waals surface area contributed by atoms with E-state index in [-0.39, 0.29) is 12.4 Å². The highest BCUT2D eigenvalue weighted by atomic mass is 35.5. The van der Waals surface area contributed by atoms with E-state index in [2.05, 4.69) is 15.4 Å². The van der Waals surface area contributed by atoms with Crippen molar-refractivity contribution in [3.8, 4) is 0 Å². The highest BCUT2D eigenvalue weighted by Crippen LogP contribution is 1.78. The van der Waals surface area contributed by atoms with Crippen LogP contribution in [0.2, 0.25) is 0 Å². The third-order valence-electron chi connectivity index (χ3n) is 0.882. The Hall–Kier alpha value is -0.680. The molecule has 0 aliphatic rings. The molecule has 5 nitrogen and oxygen atoms in total.